The van der Waals surface area contributed by atoms with E-state index in [-0.39, 0.29) is 12.0 Å². The Kier molecular flexibility index (Phi) is 4.16. The molecule has 0 aliphatic carbocycles. The van der Waals surface area contributed by atoms with Crippen LogP contribution in [0.5, 0.6) is 0 Å². The van der Waals surface area contributed by atoms with Crippen LogP contribution in [0.2, 0.25) is 0 Å². The summed E-state index contributed by atoms with van der Waals surface area (Å²) in [6, 6.07) is 9.46. The third kappa shape index (κ3) is 2.76. The monoisotopic (exact) mass is 276 g/mol. The molecule has 1 aliphatic rings. The molecule has 0 unspecified atom stereocenters. The predicted octanol–water partition coefficient (Wildman–Crippen LogP) is 2.04. The van der Waals surface area contributed by atoms with Crippen LogP contribution in [0.1, 0.15) is 24.9 Å². The lowest BCUT2D eigenvalue weighted by atomic mass is 9.94. The Hall–Kier alpha value is -1.88. The molecule has 0 saturated carbocycles. The van der Waals surface area contributed by atoms with Gasteiger partial charge in [0.25, 0.3) is 0 Å². The van der Waals surface area contributed by atoms with Gasteiger partial charge in [0.15, 0.2) is 5.11 Å². The average molecular weight is 276 g/mol. The summed E-state index contributed by atoms with van der Waals surface area (Å²) < 4.78 is 4.89. The maximum Gasteiger partial charge on any atom is 0.337 e. The number of allylic oxidation sites excluding steroid dienone is 1. The summed E-state index contributed by atoms with van der Waals surface area (Å²) in [5.74, 6) is -0.340. The molecule has 1 heterocycles. The van der Waals surface area contributed by atoms with E-state index in [9.17, 15) is 4.79 Å². The Labute approximate surface area is 117 Å². The molecule has 0 aromatic heterocycles. The zero-order valence-corrected chi connectivity index (χ0v) is 11.7. The van der Waals surface area contributed by atoms with E-state index in [1.54, 1.807) is 0 Å². The molecule has 19 heavy (non-hydrogen) atoms. The zero-order valence-electron chi connectivity index (χ0n) is 10.9. The number of esters is 1. The summed E-state index contributed by atoms with van der Waals surface area (Å²) in [6.45, 7) is 1.97. The minimum absolute atomic E-state index is 0.266. The molecule has 0 radical (unpaired) electrons. The van der Waals surface area contributed by atoms with E-state index < -0.39 is 0 Å². The minimum atomic E-state index is -0.340. The number of methoxy groups -OCH3 is 1. The molecular weight excluding hydrogens is 260 g/mol. The van der Waals surface area contributed by atoms with Crippen LogP contribution >= 0.6 is 12.2 Å². The quantitative estimate of drug-likeness (QED) is 0.653. The van der Waals surface area contributed by atoms with Crippen molar-refractivity contribution in [3.63, 3.8) is 0 Å². The average Bonchev–Trinajstić information content (AvgIpc) is 2.46. The molecular formula is C14H16N2O2S. The van der Waals surface area contributed by atoms with Gasteiger partial charge in [-0.1, -0.05) is 37.3 Å². The number of thiocarbonyl (C=S) groups is 1. The highest BCUT2D eigenvalue weighted by molar-refractivity contribution is 7.80. The summed E-state index contributed by atoms with van der Waals surface area (Å²) >= 11 is 5.19. The fourth-order valence-corrected chi connectivity index (χ4v) is 2.38. The number of carbonyl (C=O) groups is 1. The van der Waals surface area contributed by atoms with E-state index in [0.717, 1.165) is 11.3 Å². The van der Waals surface area contributed by atoms with E-state index in [1.807, 2.05) is 37.3 Å². The normalized spacial score (nSPS) is 18.6. The summed E-state index contributed by atoms with van der Waals surface area (Å²) in [4.78, 5) is 12.0. The van der Waals surface area contributed by atoms with Gasteiger partial charge >= 0.3 is 5.97 Å². The fourth-order valence-electron chi connectivity index (χ4n) is 2.14. The van der Waals surface area contributed by atoms with Gasteiger partial charge in [0.1, 0.15) is 0 Å². The topological polar surface area (TPSA) is 50.4 Å². The van der Waals surface area contributed by atoms with Crippen molar-refractivity contribution in [2.75, 3.05) is 7.11 Å². The van der Waals surface area contributed by atoms with Crippen LogP contribution in [-0.2, 0) is 9.53 Å². The fraction of sp³-hybridized carbons (Fsp3) is 0.286. The Morgan fingerprint density at radius 2 is 2.05 bits per heavy atom. The predicted molar refractivity (Wildman–Crippen MR) is 77.4 cm³/mol. The molecule has 0 fully saturated rings. The number of benzene rings is 1. The molecule has 2 rings (SSSR count). The first-order chi connectivity index (χ1) is 9.17. The Morgan fingerprint density at radius 1 is 1.37 bits per heavy atom. The van der Waals surface area contributed by atoms with Crippen LogP contribution in [0.25, 0.3) is 0 Å². The molecule has 1 aromatic rings. The molecule has 1 atom stereocenters. The second-order valence-electron chi connectivity index (χ2n) is 4.18. The number of ether oxygens (including phenoxy) is 1. The smallest absolute Gasteiger partial charge is 0.337 e. The van der Waals surface area contributed by atoms with Gasteiger partial charge in [-0.05, 0) is 24.2 Å². The first-order valence-electron chi connectivity index (χ1n) is 6.11. The van der Waals surface area contributed by atoms with Crippen molar-refractivity contribution in [3.8, 4) is 0 Å². The molecule has 0 amide bonds. The molecule has 5 heteroatoms. The molecule has 0 bridgehead atoms. The maximum absolute atomic E-state index is 12.0. The van der Waals surface area contributed by atoms with Gasteiger partial charge in [-0.25, -0.2) is 4.79 Å². The van der Waals surface area contributed by atoms with Crippen LogP contribution in [0, 0.1) is 0 Å². The summed E-state index contributed by atoms with van der Waals surface area (Å²) in [6.07, 6.45) is 0.690. The standard InChI is InChI=1S/C14H16N2O2S/c1-3-10-11(13(17)18-2)12(16-14(19)15-10)9-7-5-4-6-8-9/h4-8,12H,3H2,1-2H3,(H2,15,16,19)/t12-/m1/s1. The van der Waals surface area contributed by atoms with Crippen molar-refractivity contribution in [2.24, 2.45) is 0 Å². The Balaban J connectivity index is 2.50. The Bertz CT molecular complexity index is 526. The lowest BCUT2D eigenvalue weighted by Gasteiger charge is -2.30. The first kappa shape index (κ1) is 13.5. The van der Waals surface area contributed by atoms with E-state index in [4.69, 9.17) is 17.0 Å². The van der Waals surface area contributed by atoms with Crippen molar-refractivity contribution >= 4 is 23.3 Å². The highest BCUT2D eigenvalue weighted by Gasteiger charge is 2.31. The molecule has 100 valence electrons. The lowest BCUT2D eigenvalue weighted by Crippen LogP contribution is -2.45. The van der Waals surface area contributed by atoms with E-state index in [1.165, 1.54) is 7.11 Å². The van der Waals surface area contributed by atoms with Crippen molar-refractivity contribution in [1.82, 2.24) is 10.6 Å². The van der Waals surface area contributed by atoms with Gasteiger partial charge in [0.05, 0.1) is 18.7 Å². The van der Waals surface area contributed by atoms with Crippen molar-refractivity contribution < 1.29 is 9.53 Å². The molecule has 0 spiro atoms. The number of carbonyl (C=O) groups excluding carboxylic acids is 1. The van der Waals surface area contributed by atoms with Gasteiger partial charge in [0, 0.05) is 5.70 Å². The Morgan fingerprint density at radius 3 is 2.63 bits per heavy atom. The summed E-state index contributed by atoms with van der Waals surface area (Å²) in [5.41, 5.74) is 2.38. The lowest BCUT2D eigenvalue weighted by molar-refractivity contribution is -0.136. The van der Waals surface area contributed by atoms with Crippen LogP contribution in [-0.4, -0.2) is 18.2 Å². The van der Waals surface area contributed by atoms with Crippen LogP contribution in [0.3, 0.4) is 0 Å². The van der Waals surface area contributed by atoms with E-state index >= 15 is 0 Å². The van der Waals surface area contributed by atoms with Crippen molar-refractivity contribution in [2.45, 2.75) is 19.4 Å². The highest BCUT2D eigenvalue weighted by atomic mass is 32.1. The van der Waals surface area contributed by atoms with Crippen molar-refractivity contribution in [1.29, 1.82) is 0 Å². The molecule has 4 nitrogen and oxygen atoms in total. The third-order valence-electron chi connectivity index (χ3n) is 3.05. The summed E-state index contributed by atoms with van der Waals surface area (Å²) in [7, 11) is 1.39. The van der Waals surface area contributed by atoms with Crippen LogP contribution in [0.15, 0.2) is 41.6 Å². The second-order valence-corrected chi connectivity index (χ2v) is 4.59. The second kappa shape index (κ2) is 5.84. The van der Waals surface area contributed by atoms with Gasteiger partial charge in [0.2, 0.25) is 0 Å². The summed E-state index contributed by atoms with van der Waals surface area (Å²) in [5, 5.41) is 6.68. The molecule has 1 aliphatic heterocycles. The largest absolute Gasteiger partial charge is 0.466 e. The van der Waals surface area contributed by atoms with Crippen molar-refractivity contribution in [3.05, 3.63) is 47.2 Å². The maximum atomic E-state index is 12.0. The zero-order chi connectivity index (χ0) is 13.8. The highest BCUT2D eigenvalue weighted by Crippen LogP contribution is 2.28. The number of hydrogen-bond acceptors (Lipinski definition) is 3. The van der Waals surface area contributed by atoms with Gasteiger partial charge in [-0.15, -0.1) is 0 Å². The first-order valence-corrected chi connectivity index (χ1v) is 6.52. The number of rotatable bonds is 3. The molecule has 2 N–H and O–H groups in total. The third-order valence-corrected chi connectivity index (χ3v) is 3.27. The minimum Gasteiger partial charge on any atom is -0.466 e. The van der Waals surface area contributed by atoms with Gasteiger partial charge in [-0.3, -0.25) is 0 Å². The number of hydrogen-bond donors (Lipinski definition) is 2. The molecule has 1 aromatic carbocycles. The van der Waals surface area contributed by atoms with Crippen LogP contribution < -0.4 is 10.6 Å². The van der Waals surface area contributed by atoms with Gasteiger partial charge in [-0.2, -0.15) is 0 Å². The van der Waals surface area contributed by atoms with Gasteiger partial charge < -0.3 is 15.4 Å². The van der Waals surface area contributed by atoms with E-state index in [0.29, 0.717) is 17.1 Å². The molecule has 0 saturated heterocycles. The van der Waals surface area contributed by atoms with Crippen LogP contribution in [0.4, 0.5) is 0 Å². The SMILES string of the molecule is CCC1=C(C(=O)OC)[C@@H](c2ccccc2)NC(=S)N1. The van der Waals surface area contributed by atoms with E-state index in [2.05, 4.69) is 10.6 Å². The number of nitrogens with one attached hydrogen (secondary N) is 2.